The number of hydrogen-bond donors (Lipinski definition) is 1. The van der Waals surface area contributed by atoms with Crippen LogP contribution in [-0.2, 0) is 0 Å². The summed E-state index contributed by atoms with van der Waals surface area (Å²) in [6.07, 6.45) is 1.19. The molecule has 6 heteroatoms. The zero-order valence-electron chi connectivity index (χ0n) is 8.90. The van der Waals surface area contributed by atoms with Crippen LogP contribution in [0.5, 0.6) is 0 Å². The molecule has 1 aliphatic rings. The van der Waals surface area contributed by atoms with Crippen molar-refractivity contribution in [1.82, 2.24) is 15.1 Å². The van der Waals surface area contributed by atoms with Crippen molar-refractivity contribution in [1.29, 1.82) is 0 Å². The van der Waals surface area contributed by atoms with Crippen molar-refractivity contribution in [3.8, 4) is 0 Å². The number of hydrogen-bond acceptors (Lipinski definition) is 5. The fraction of sp³-hybridized carbons (Fsp3) is 0.778. The fourth-order valence-electron chi connectivity index (χ4n) is 1.81. The number of nitrogens with zero attached hydrogens (tertiary/aromatic N) is 3. The van der Waals surface area contributed by atoms with Crippen molar-refractivity contribution in [2.75, 3.05) is 18.4 Å². The van der Waals surface area contributed by atoms with Crippen LogP contribution in [-0.4, -0.2) is 40.3 Å². The largest absolute Gasteiger partial charge is 0.356 e. The quantitative estimate of drug-likeness (QED) is 0.927. The van der Waals surface area contributed by atoms with Crippen molar-refractivity contribution in [3.05, 3.63) is 3.92 Å². The van der Waals surface area contributed by atoms with Crippen LogP contribution in [0.2, 0.25) is 0 Å². The van der Waals surface area contributed by atoms with Gasteiger partial charge < -0.3 is 5.32 Å². The first-order valence-corrected chi connectivity index (χ1v) is 6.75. The van der Waals surface area contributed by atoms with Gasteiger partial charge in [-0.15, -0.1) is 10.2 Å². The summed E-state index contributed by atoms with van der Waals surface area (Å²) in [6, 6.07) is 1.16. The van der Waals surface area contributed by atoms with Gasteiger partial charge in [0, 0.05) is 25.2 Å². The molecule has 1 atom stereocenters. The van der Waals surface area contributed by atoms with Crippen molar-refractivity contribution < 1.29 is 0 Å². The summed E-state index contributed by atoms with van der Waals surface area (Å²) in [4.78, 5) is 2.48. The minimum absolute atomic E-state index is 0.521. The van der Waals surface area contributed by atoms with E-state index < -0.39 is 0 Å². The van der Waals surface area contributed by atoms with Gasteiger partial charge in [0.1, 0.15) is 0 Å². The Morgan fingerprint density at radius 2 is 2.33 bits per heavy atom. The number of nitrogens with one attached hydrogen (secondary N) is 1. The second kappa shape index (κ2) is 4.76. The van der Waals surface area contributed by atoms with Crippen molar-refractivity contribution in [3.63, 3.8) is 0 Å². The van der Waals surface area contributed by atoms with E-state index in [4.69, 9.17) is 0 Å². The molecule has 84 valence electrons. The summed E-state index contributed by atoms with van der Waals surface area (Å²) < 4.78 is 0.837. The van der Waals surface area contributed by atoms with Crippen LogP contribution in [0.15, 0.2) is 3.92 Å². The molecule has 0 spiro atoms. The molecule has 1 aromatic heterocycles. The van der Waals surface area contributed by atoms with Gasteiger partial charge in [0.05, 0.1) is 0 Å². The first kappa shape index (κ1) is 11.3. The van der Waals surface area contributed by atoms with E-state index in [-0.39, 0.29) is 0 Å². The van der Waals surface area contributed by atoms with E-state index in [0.717, 1.165) is 15.6 Å². The Bertz CT molecular complexity index is 328. The van der Waals surface area contributed by atoms with E-state index >= 15 is 0 Å². The van der Waals surface area contributed by atoms with Gasteiger partial charge >= 0.3 is 0 Å². The third kappa shape index (κ3) is 2.89. The molecule has 1 saturated heterocycles. The molecule has 0 bridgehead atoms. The fourth-order valence-corrected chi connectivity index (χ4v) is 2.90. The minimum Gasteiger partial charge on any atom is -0.356 e. The van der Waals surface area contributed by atoms with Crippen LogP contribution in [0.25, 0.3) is 0 Å². The second-order valence-corrected chi connectivity index (χ2v) is 6.33. The average molecular weight is 291 g/mol. The van der Waals surface area contributed by atoms with Gasteiger partial charge in [-0.05, 0) is 36.2 Å². The Kier molecular flexibility index (Phi) is 3.58. The number of rotatable bonds is 3. The first-order chi connectivity index (χ1) is 7.15. The standard InChI is InChI=1S/C9H15BrN4S/c1-6(2)14-4-3-7(5-14)11-9-13-12-8(10)15-9/h6-7H,3-5H2,1-2H3,(H,11,13). The van der Waals surface area contributed by atoms with Crippen molar-refractivity contribution in [2.24, 2.45) is 0 Å². The Morgan fingerprint density at radius 3 is 2.87 bits per heavy atom. The van der Waals surface area contributed by atoms with Gasteiger partial charge in [-0.25, -0.2) is 0 Å². The summed E-state index contributed by atoms with van der Waals surface area (Å²) in [5.74, 6) is 0. The van der Waals surface area contributed by atoms with Crippen LogP contribution < -0.4 is 5.32 Å². The first-order valence-electron chi connectivity index (χ1n) is 5.14. The third-order valence-electron chi connectivity index (χ3n) is 2.68. The Morgan fingerprint density at radius 1 is 1.53 bits per heavy atom. The summed E-state index contributed by atoms with van der Waals surface area (Å²) in [7, 11) is 0. The molecule has 1 aromatic rings. The van der Waals surface area contributed by atoms with Gasteiger partial charge in [-0.2, -0.15) is 0 Å². The predicted octanol–water partition coefficient (Wildman–Crippen LogP) is 2.20. The molecule has 0 saturated carbocycles. The summed E-state index contributed by atoms with van der Waals surface area (Å²) >= 11 is 4.86. The molecule has 0 radical (unpaired) electrons. The molecule has 1 aliphatic heterocycles. The maximum absolute atomic E-state index is 4.04. The van der Waals surface area contributed by atoms with Gasteiger partial charge in [0.2, 0.25) is 5.13 Å². The van der Waals surface area contributed by atoms with E-state index in [1.165, 1.54) is 13.0 Å². The topological polar surface area (TPSA) is 41.0 Å². The summed E-state index contributed by atoms with van der Waals surface area (Å²) in [6.45, 7) is 6.76. The zero-order chi connectivity index (χ0) is 10.8. The highest BCUT2D eigenvalue weighted by molar-refractivity contribution is 9.11. The molecule has 1 N–H and O–H groups in total. The van der Waals surface area contributed by atoms with E-state index in [1.807, 2.05) is 0 Å². The van der Waals surface area contributed by atoms with Gasteiger partial charge in [0.25, 0.3) is 0 Å². The predicted molar refractivity (Wildman–Crippen MR) is 66.3 cm³/mol. The third-order valence-corrected chi connectivity index (χ3v) is 3.97. The van der Waals surface area contributed by atoms with Gasteiger partial charge in [0.15, 0.2) is 3.92 Å². The van der Waals surface area contributed by atoms with Crippen LogP contribution in [0.3, 0.4) is 0 Å². The maximum atomic E-state index is 4.04. The van der Waals surface area contributed by atoms with Crippen molar-refractivity contribution in [2.45, 2.75) is 32.4 Å². The van der Waals surface area contributed by atoms with E-state index in [9.17, 15) is 0 Å². The Hall–Kier alpha value is -0.200. The monoisotopic (exact) mass is 290 g/mol. The maximum Gasteiger partial charge on any atom is 0.206 e. The number of halogens is 1. The Labute approximate surface area is 102 Å². The smallest absolute Gasteiger partial charge is 0.206 e. The van der Waals surface area contributed by atoms with Gasteiger partial charge in [-0.1, -0.05) is 11.3 Å². The lowest BCUT2D eigenvalue weighted by atomic mass is 10.3. The minimum atomic E-state index is 0.521. The molecule has 0 amide bonds. The van der Waals surface area contributed by atoms with E-state index in [0.29, 0.717) is 12.1 Å². The number of anilines is 1. The van der Waals surface area contributed by atoms with E-state index in [1.54, 1.807) is 11.3 Å². The van der Waals surface area contributed by atoms with Crippen LogP contribution in [0, 0.1) is 0 Å². The second-order valence-electron chi connectivity index (χ2n) is 4.08. The van der Waals surface area contributed by atoms with Crippen LogP contribution in [0.1, 0.15) is 20.3 Å². The lowest BCUT2D eigenvalue weighted by Gasteiger charge is -2.20. The summed E-state index contributed by atoms with van der Waals surface area (Å²) in [5.41, 5.74) is 0. The SMILES string of the molecule is CC(C)N1CCC(Nc2nnc(Br)s2)C1. The van der Waals surface area contributed by atoms with Crippen LogP contribution in [0.4, 0.5) is 5.13 Å². The Balaban J connectivity index is 1.87. The average Bonchev–Trinajstić information content (AvgIpc) is 2.76. The molecule has 0 aromatic carbocycles. The molecular formula is C9H15BrN4S. The van der Waals surface area contributed by atoms with E-state index in [2.05, 4.69) is 50.2 Å². The van der Waals surface area contributed by atoms with Gasteiger partial charge in [-0.3, -0.25) is 4.90 Å². The van der Waals surface area contributed by atoms with Crippen LogP contribution >= 0.6 is 27.3 Å². The highest BCUT2D eigenvalue weighted by Gasteiger charge is 2.24. The lowest BCUT2D eigenvalue weighted by Crippen LogP contribution is -2.31. The molecule has 0 aliphatic carbocycles. The number of likely N-dealkylation sites (tertiary alicyclic amines) is 1. The summed E-state index contributed by atoms with van der Waals surface area (Å²) in [5, 5.41) is 12.3. The van der Waals surface area contributed by atoms with Crippen molar-refractivity contribution >= 4 is 32.4 Å². The molecule has 1 fully saturated rings. The lowest BCUT2D eigenvalue weighted by molar-refractivity contribution is 0.274. The molecular weight excluding hydrogens is 276 g/mol. The highest BCUT2D eigenvalue weighted by Crippen LogP contribution is 2.23. The molecule has 1 unspecified atom stereocenters. The molecule has 15 heavy (non-hydrogen) atoms. The molecule has 4 nitrogen and oxygen atoms in total. The molecule has 2 rings (SSSR count). The highest BCUT2D eigenvalue weighted by atomic mass is 79.9. The normalized spacial score (nSPS) is 22.5. The molecule has 2 heterocycles. The number of aromatic nitrogens is 2. The zero-order valence-corrected chi connectivity index (χ0v) is 11.3.